The Balaban J connectivity index is 2.11. The fraction of sp³-hybridized carbons (Fsp3) is 0.667. The van der Waals surface area contributed by atoms with Crippen LogP contribution in [0, 0.1) is 0 Å². The van der Waals surface area contributed by atoms with Gasteiger partial charge in [-0.05, 0) is 0 Å². The molecule has 0 radical (unpaired) electrons. The molecule has 0 bridgehead atoms. The molecule has 0 aliphatic carbocycles. The van der Waals surface area contributed by atoms with Crippen molar-refractivity contribution in [2.75, 3.05) is 19.6 Å². The summed E-state index contributed by atoms with van der Waals surface area (Å²) in [5, 5.41) is 8.84. The van der Waals surface area contributed by atoms with Crippen LogP contribution >= 0.6 is 15.9 Å². The van der Waals surface area contributed by atoms with E-state index in [1.807, 2.05) is 0 Å². The van der Waals surface area contributed by atoms with Crippen molar-refractivity contribution in [2.24, 2.45) is 0 Å². The Morgan fingerprint density at radius 3 is 2.67 bits per heavy atom. The number of hydrogen-bond acceptors (Lipinski definition) is 2. The molecule has 9 heavy (non-hydrogen) atoms. The zero-order valence-electron chi connectivity index (χ0n) is 5.18. The van der Waals surface area contributed by atoms with E-state index in [0.717, 1.165) is 24.1 Å². The van der Waals surface area contributed by atoms with Gasteiger partial charge < -0.3 is 5.11 Å². The van der Waals surface area contributed by atoms with E-state index in [4.69, 9.17) is 5.11 Å². The average Bonchev–Trinajstić information content (AvgIpc) is 1.60. The van der Waals surface area contributed by atoms with Gasteiger partial charge in [0.15, 0.2) is 0 Å². The monoisotopic (exact) mass is 191 g/mol. The van der Waals surface area contributed by atoms with Crippen molar-refractivity contribution >= 4 is 15.9 Å². The molecule has 1 aliphatic rings. The van der Waals surface area contributed by atoms with Crippen LogP contribution in [0.3, 0.4) is 0 Å². The lowest BCUT2D eigenvalue weighted by atomic mass is 10.2. The molecule has 0 atom stereocenters. The van der Waals surface area contributed by atoms with Crippen LogP contribution in [0.5, 0.6) is 0 Å². The minimum absolute atomic E-state index is 0.100. The number of hydrogen-bond donors (Lipinski definition) is 1. The molecule has 0 aromatic rings. The molecule has 0 saturated carbocycles. The lowest BCUT2D eigenvalue weighted by Gasteiger charge is -2.35. The highest BCUT2D eigenvalue weighted by atomic mass is 79.9. The summed E-state index contributed by atoms with van der Waals surface area (Å²) in [5.41, 5.74) is 0. The number of rotatable bonds is 2. The molecule has 0 aromatic carbocycles. The second-order valence-electron chi connectivity index (χ2n) is 2.37. The molecular weight excluding hydrogens is 182 g/mol. The van der Waals surface area contributed by atoms with Gasteiger partial charge in [0.05, 0.1) is 6.10 Å². The quantitative estimate of drug-likeness (QED) is 0.691. The Hall–Kier alpha value is 0.140. The first-order chi connectivity index (χ1) is 4.18. The molecule has 1 saturated heterocycles. The number of aliphatic hydroxyl groups excluding tert-OH is 1. The van der Waals surface area contributed by atoms with Crippen LogP contribution in [0.15, 0.2) is 11.1 Å². The molecule has 0 aromatic heterocycles. The van der Waals surface area contributed by atoms with Gasteiger partial charge in [0, 0.05) is 24.1 Å². The van der Waals surface area contributed by atoms with Crippen LogP contribution in [-0.2, 0) is 0 Å². The summed E-state index contributed by atoms with van der Waals surface area (Å²) in [4.78, 5) is 2.13. The predicted octanol–water partition coefficient (Wildman–Crippen LogP) is 0.571. The van der Waals surface area contributed by atoms with E-state index in [1.165, 1.54) is 0 Å². The maximum absolute atomic E-state index is 8.84. The summed E-state index contributed by atoms with van der Waals surface area (Å²) >= 11 is 3.25. The Bertz CT molecular complexity index is 120. The molecule has 0 unspecified atom stereocenters. The fourth-order valence-corrected chi connectivity index (χ4v) is 1.27. The Labute approximate surface area is 63.3 Å². The topological polar surface area (TPSA) is 23.5 Å². The van der Waals surface area contributed by atoms with Gasteiger partial charge in [-0.15, -0.1) is 0 Å². The summed E-state index contributed by atoms with van der Waals surface area (Å²) in [6.45, 7) is 6.15. The summed E-state index contributed by atoms with van der Waals surface area (Å²) in [6.07, 6.45) is -0.100. The van der Waals surface area contributed by atoms with Gasteiger partial charge in [0.2, 0.25) is 0 Å². The third-order valence-electron chi connectivity index (χ3n) is 1.33. The van der Waals surface area contributed by atoms with Crippen LogP contribution in [0.2, 0.25) is 0 Å². The van der Waals surface area contributed by atoms with E-state index in [9.17, 15) is 0 Å². The van der Waals surface area contributed by atoms with E-state index in [-0.39, 0.29) is 6.10 Å². The first-order valence-electron chi connectivity index (χ1n) is 2.92. The van der Waals surface area contributed by atoms with Crippen molar-refractivity contribution in [2.45, 2.75) is 6.10 Å². The average molecular weight is 192 g/mol. The maximum atomic E-state index is 8.84. The minimum atomic E-state index is -0.100. The van der Waals surface area contributed by atoms with Gasteiger partial charge in [-0.2, -0.15) is 0 Å². The molecule has 1 fully saturated rings. The highest BCUT2D eigenvalue weighted by Gasteiger charge is 2.23. The number of β-amino-alcohol motifs (C(OH)–C–C–N with tert-alkyl or cyclic N) is 1. The molecule has 0 amide bonds. The number of halogens is 1. The highest BCUT2D eigenvalue weighted by molar-refractivity contribution is 9.11. The Morgan fingerprint density at radius 1 is 1.78 bits per heavy atom. The number of likely N-dealkylation sites (tertiary alicyclic amines) is 1. The van der Waals surface area contributed by atoms with Gasteiger partial charge in [-0.25, -0.2) is 0 Å². The zero-order valence-corrected chi connectivity index (χ0v) is 6.76. The van der Waals surface area contributed by atoms with Gasteiger partial charge in [0.25, 0.3) is 0 Å². The molecule has 1 rings (SSSR count). The van der Waals surface area contributed by atoms with E-state index in [1.54, 1.807) is 0 Å². The third-order valence-corrected chi connectivity index (χ3v) is 1.58. The molecular formula is C6H10BrNO. The van der Waals surface area contributed by atoms with E-state index in [0.29, 0.717) is 0 Å². The van der Waals surface area contributed by atoms with Crippen molar-refractivity contribution < 1.29 is 5.11 Å². The standard InChI is InChI=1S/C6H10BrNO/c1-5(7)2-8-3-6(9)4-8/h6,9H,1-4H2. The van der Waals surface area contributed by atoms with Gasteiger partial charge in [-0.3, -0.25) is 4.90 Å². The molecule has 1 aliphatic heterocycles. The lowest BCUT2D eigenvalue weighted by molar-refractivity contribution is 0.00948. The second kappa shape index (κ2) is 2.82. The molecule has 1 heterocycles. The first-order valence-corrected chi connectivity index (χ1v) is 3.71. The van der Waals surface area contributed by atoms with Crippen LogP contribution in [-0.4, -0.2) is 35.7 Å². The summed E-state index contributed by atoms with van der Waals surface area (Å²) in [6, 6.07) is 0. The zero-order chi connectivity index (χ0) is 6.85. The van der Waals surface area contributed by atoms with E-state index in [2.05, 4.69) is 27.4 Å². The van der Waals surface area contributed by atoms with Crippen LogP contribution in [0.1, 0.15) is 0 Å². The van der Waals surface area contributed by atoms with Gasteiger partial charge >= 0.3 is 0 Å². The van der Waals surface area contributed by atoms with Crippen molar-refractivity contribution in [3.05, 3.63) is 11.1 Å². The Morgan fingerprint density at radius 2 is 2.33 bits per heavy atom. The largest absolute Gasteiger partial charge is 0.390 e. The first kappa shape index (κ1) is 7.25. The smallest absolute Gasteiger partial charge is 0.0794 e. The molecule has 3 heteroatoms. The Kier molecular flexibility index (Phi) is 2.27. The summed E-state index contributed by atoms with van der Waals surface area (Å²) < 4.78 is 0.981. The van der Waals surface area contributed by atoms with Crippen molar-refractivity contribution in [1.82, 2.24) is 4.90 Å². The molecule has 0 spiro atoms. The highest BCUT2D eigenvalue weighted by Crippen LogP contribution is 2.11. The number of aliphatic hydroxyl groups is 1. The number of nitrogens with zero attached hydrogens (tertiary/aromatic N) is 1. The predicted molar refractivity (Wildman–Crippen MR) is 40.5 cm³/mol. The van der Waals surface area contributed by atoms with Gasteiger partial charge in [0.1, 0.15) is 0 Å². The van der Waals surface area contributed by atoms with Crippen molar-refractivity contribution in [3.8, 4) is 0 Å². The normalized spacial score (nSPS) is 21.6. The van der Waals surface area contributed by atoms with Crippen molar-refractivity contribution in [1.29, 1.82) is 0 Å². The van der Waals surface area contributed by atoms with Gasteiger partial charge in [-0.1, -0.05) is 22.5 Å². The lowest BCUT2D eigenvalue weighted by Crippen LogP contribution is -2.50. The van der Waals surface area contributed by atoms with Crippen LogP contribution in [0.4, 0.5) is 0 Å². The molecule has 2 nitrogen and oxygen atoms in total. The van der Waals surface area contributed by atoms with Crippen LogP contribution in [0.25, 0.3) is 0 Å². The minimum Gasteiger partial charge on any atom is -0.390 e. The SMILES string of the molecule is C=C(Br)CN1CC(O)C1. The van der Waals surface area contributed by atoms with Crippen LogP contribution < -0.4 is 0 Å². The van der Waals surface area contributed by atoms with E-state index >= 15 is 0 Å². The van der Waals surface area contributed by atoms with E-state index < -0.39 is 0 Å². The second-order valence-corrected chi connectivity index (χ2v) is 3.49. The molecule has 1 N–H and O–H groups in total. The van der Waals surface area contributed by atoms with Crippen molar-refractivity contribution in [3.63, 3.8) is 0 Å². The fourth-order valence-electron chi connectivity index (χ4n) is 0.914. The maximum Gasteiger partial charge on any atom is 0.0794 e. The molecule has 52 valence electrons. The summed E-state index contributed by atoms with van der Waals surface area (Å²) in [7, 11) is 0. The summed E-state index contributed by atoms with van der Waals surface area (Å²) in [5.74, 6) is 0. The third kappa shape index (κ3) is 2.08.